The van der Waals surface area contributed by atoms with Crippen molar-refractivity contribution in [3.63, 3.8) is 0 Å². The van der Waals surface area contributed by atoms with Crippen LogP contribution >= 0.6 is 0 Å². The second-order valence-electron chi connectivity index (χ2n) is 6.32. The predicted molar refractivity (Wildman–Crippen MR) is 107 cm³/mol. The van der Waals surface area contributed by atoms with E-state index in [0.29, 0.717) is 11.6 Å². The zero-order valence-corrected chi connectivity index (χ0v) is 15.8. The fraction of sp³-hybridized carbons (Fsp3) is 0.190. The van der Waals surface area contributed by atoms with Crippen LogP contribution in [0.25, 0.3) is 0 Å². The van der Waals surface area contributed by atoms with E-state index in [-0.39, 0.29) is 11.6 Å². The van der Waals surface area contributed by atoms with E-state index in [2.05, 4.69) is 20.6 Å². The maximum Gasteiger partial charge on any atom is 0.274 e. The summed E-state index contributed by atoms with van der Waals surface area (Å²) in [5.74, 6) is 0.922. The van der Waals surface area contributed by atoms with E-state index in [1.807, 2.05) is 57.2 Å². The van der Waals surface area contributed by atoms with Crippen molar-refractivity contribution in [3.05, 3.63) is 71.2 Å². The van der Waals surface area contributed by atoms with Crippen molar-refractivity contribution in [2.45, 2.75) is 20.8 Å². The topological polar surface area (TPSA) is 76.1 Å². The van der Waals surface area contributed by atoms with Gasteiger partial charge in [-0.1, -0.05) is 18.2 Å². The summed E-state index contributed by atoms with van der Waals surface area (Å²) in [6.07, 6.45) is 1.36. The summed E-state index contributed by atoms with van der Waals surface area (Å²) in [7, 11) is 1.61. The number of benzene rings is 2. The molecule has 0 radical (unpaired) electrons. The molecule has 3 aromatic rings. The molecule has 1 amide bonds. The third-order valence-electron chi connectivity index (χ3n) is 4.37. The summed E-state index contributed by atoms with van der Waals surface area (Å²) in [6.45, 7) is 5.97. The summed E-state index contributed by atoms with van der Waals surface area (Å²) in [4.78, 5) is 20.9. The van der Waals surface area contributed by atoms with E-state index >= 15 is 0 Å². The molecule has 0 aliphatic heterocycles. The number of rotatable bonds is 5. The summed E-state index contributed by atoms with van der Waals surface area (Å²) >= 11 is 0. The van der Waals surface area contributed by atoms with Crippen LogP contribution in [-0.2, 0) is 0 Å². The normalized spacial score (nSPS) is 10.4. The van der Waals surface area contributed by atoms with E-state index in [1.54, 1.807) is 13.2 Å². The van der Waals surface area contributed by atoms with Gasteiger partial charge in [-0.3, -0.25) is 4.79 Å². The van der Waals surface area contributed by atoms with Crippen LogP contribution < -0.4 is 15.4 Å². The molecule has 0 aliphatic rings. The van der Waals surface area contributed by atoms with Crippen molar-refractivity contribution in [2.75, 3.05) is 17.7 Å². The summed E-state index contributed by atoms with van der Waals surface area (Å²) in [5.41, 5.74) is 5.05. The van der Waals surface area contributed by atoms with E-state index in [0.717, 1.165) is 28.1 Å². The number of hydrogen-bond donors (Lipinski definition) is 2. The zero-order valence-electron chi connectivity index (χ0n) is 15.8. The van der Waals surface area contributed by atoms with Crippen LogP contribution in [0.5, 0.6) is 5.75 Å². The van der Waals surface area contributed by atoms with Crippen molar-refractivity contribution >= 4 is 23.1 Å². The number of aryl methyl sites for hydroxylation is 2. The Morgan fingerprint density at radius 2 is 1.81 bits per heavy atom. The van der Waals surface area contributed by atoms with Crippen LogP contribution in [0.2, 0.25) is 0 Å². The summed E-state index contributed by atoms with van der Waals surface area (Å²) < 4.78 is 5.37. The summed E-state index contributed by atoms with van der Waals surface area (Å²) in [6, 6.07) is 13.2. The molecular weight excluding hydrogens is 340 g/mol. The molecule has 6 nitrogen and oxygen atoms in total. The molecule has 0 unspecified atom stereocenters. The van der Waals surface area contributed by atoms with Gasteiger partial charge in [-0.15, -0.1) is 0 Å². The minimum Gasteiger partial charge on any atom is -0.495 e. The van der Waals surface area contributed by atoms with Gasteiger partial charge in [-0.05, 0) is 55.7 Å². The van der Waals surface area contributed by atoms with E-state index < -0.39 is 0 Å². The van der Waals surface area contributed by atoms with Crippen molar-refractivity contribution < 1.29 is 9.53 Å². The number of amides is 1. The van der Waals surface area contributed by atoms with Crippen molar-refractivity contribution in [1.82, 2.24) is 9.97 Å². The second-order valence-corrected chi connectivity index (χ2v) is 6.32. The molecule has 138 valence electrons. The fourth-order valence-corrected chi connectivity index (χ4v) is 2.68. The van der Waals surface area contributed by atoms with E-state index in [4.69, 9.17) is 4.74 Å². The quantitative estimate of drug-likeness (QED) is 0.703. The van der Waals surface area contributed by atoms with Gasteiger partial charge < -0.3 is 15.4 Å². The number of methoxy groups -OCH3 is 1. The molecule has 3 rings (SSSR count). The first-order valence-electron chi connectivity index (χ1n) is 8.59. The Kier molecular flexibility index (Phi) is 5.35. The van der Waals surface area contributed by atoms with Gasteiger partial charge in [0.15, 0.2) is 0 Å². The molecule has 6 heteroatoms. The molecule has 0 saturated heterocycles. The number of aromatic nitrogens is 2. The average Bonchev–Trinajstić information content (AvgIpc) is 2.66. The molecule has 0 spiro atoms. The van der Waals surface area contributed by atoms with Gasteiger partial charge in [0.05, 0.1) is 12.8 Å². The van der Waals surface area contributed by atoms with E-state index in [9.17, 15) is 4.79 Å². The van der Waals surface area contributed by atoms with E-state index in [1.165, 1.54) is 6.33 Å². The van der Waals surface area contributed by atoms with Crippen molar-refractivity contribution in [3.8, 4) is 5.75 Å². The lowest BCUT2D eigenvalue weighted by Crippen LogP contribution is -2.15. The highest BCUT2D eigenvalue weighted by molar-refractivity contribution is 6.03. The number of carbonyl (C=O) groups excluding carboxylic acids is 1. The summed E-state index contributed by atoms with van der Waals surface area (Å²) in [5, 5.41) is 6.10. The average molecular weight is 362 g/mol. The van der Waals surface area contributed by atoms with Gasteiger partial charge >= 0.3 is 0 Å². The van der Waals surface area contributed by atoms with Gasteiger partial charge in [-0.2, -0.15) is 0 Å². The highest BCUT2D eigenvalue weighted by Crippen LogP contribution is 2.28. The first-order chi connectivity index (χ1) is 13.0. The lowest BCUT2D eigenvalue weighted by atomic mass is 10.1. The number of nitrogens with one attached hydrogen (secondary N) is 2. The third kappa shape index (κ3) is 4.23. The van der Waals surface area contributed by atoms with Crippen LogP contribution in [0.15, 0.2) is 48.8 Å². The molecule has 0 saturated carbocycles. The van der Waals surface area contributed by atoms with Gasteiger partial charge in [0.1, 0.15) is 23.6 Å². The first kappa shape index (κ1) is 18.4. The van der Waals surface area contributed by atoms with Crippen molar-refractivity contribution in [2.24, 2.45) is 0 Å². The molecule has 1 aromatic heterocycles. The Bertz CT molecular complexity index is 986. The van der Waals surface area contributed by atoms with Crippen molar-refractivity contribution in [1.29, 1.82) is 0 Å². The third-order valence-corrected chi connectivity index (χ3v) is 4.37. The second kappa shape index (κ2) is 7.86. The molecule has 2 aromatic carbocycles. The fourth-order valence-electron chi connectivity index (χ4n) is 2.68. The molecule has 0 aliphatic carbocycles. The SMILES string of the molecule is COc1ccc(C)cc1Nc1cc(C(=O)Nc2cccc(C)c2C)ncn1. The standard InChI is InChI=1S/C21H22N4O2/c1-13-8-9-19(27-4)17(10-13)24-20-11-18(22-12-23-20)21(26)25-16-7-5-6-14(2)15(16)3/h5-12H,1-4H3,(H,25,26)(H,22,23,24). The monoisotopic (exact) mass is 362 g/mol. The largest absolute Gasteiger partial charge is 0.495 e. The maximum absolute atomic E-state index is 12.6. The Morgan fingerprint density at radius 3 is 2.59 bits per heavy atom. The minimum absolute atomic E-state index is 0.278. The van der Waals surface area contributed by atoms with Crippen LogP contribution in [0.3, 0.4) is 0 Å². The Labute approximate surface area is 158 Å². The number of nitrogens with zero attached hydrogens (tertiary/aromatic N) is 2. The lowest BCUT2D eigenvalue weighted by Gasteiger charge is -2.12. The number of anilines is 3. The maximum atomic E-state index is 12.6. The Balaban J connectivity index is 1.82. The molecular formula is C21H22N4O2. The smallest absolute Gasteiger partial charge is 0.274 e. The van der Waals surface area contributed by atoms with Crippen LogP contribution in [-0.4, -0.2) is 23.0 Å². The molecule has 27 heavy (non-hydrogen) atoms. The molecule has 0 fully saturated rings. The van der Waals surface area contributed by atoms with Gasteiger partial charge in [0.2, 0.25) is 0 Å². The van der Waals surface area contributed by atoms with Crippen LogP contribution in [0, 0.1) is 20.8 Å². The molecule has 0 atom stereocenters. The first-order valence-corrected chi connectivity index (χ1v) is 8.59. The molecule has 0 bridgehead atoms. The zero-order chi connectivity index (χ0) is 19.4. The number of ether oxygens (including phenoxy) is 1. The van der Waals surface area contributed by atoms with Crippen LogP contribution in [0.1, 0.15) is 27.2 Å². The number of carbonyl (C=O) groups is 1. The Morgan fingerprint density at radius 1 is 1.00 bits per heavy atom. The van der Waals surface area contributed by atoms with Gasteiger partial charge in [-0.25, -0.2) is 9.97 Å². The Hall–Kier alpha value is -3.41. The van der Waals surface area contributed by atoms with Crippen LogP contribution in [0.4, 0.5) is 17.2 Å². The highest BCUT2D eigenvalue weighted by atomic mass is 16.5. The lowest BCUT2D eigenvalue weighted by molar-refractivity contribution is 0.102. The van der Waals surface area contributed by atoms with Gasteiger partial charge in [0, 0.05) is 11.8 Å². The highest BCUT2D eigenvalue weighted by Gasteiger charge is 2.12. The molecule has 2 N–H and O–H groups in total. The predicted octanol–water partition coefficient (Wildman–Crippen LogP) is 4.41. The minimum atomic E-state index is -0.287. The number of hydrogen-bond acceptors (Lipinski definition) is 5. The van der Waals surface area contributed by atoms with Gasteiger partial charge in [0.25, 0.3) is 5.91 Å². The molecule has 1 heterocycles.